The lowest BCUT2D eigenvalue weighted by Gasteiger charge is -2.22. The minimum Gasteiger partial charge on any atom is -0.210 e. The van der Waals surface area contributed by atoms with E-state index in [4.69, 9.17) is 0 Å². The van der Waals surface area contributed by atoms with Crippen LogP contribution in [0.4, 0.5) is 4.39 Å². The zero-order chi connectivity index (χ0) is 13.1. The summed E-state index contributed by atoms with van der Waals surface area (Å²) in [5, 5.41) is 0. The van der Waals surface area contributed by atoms with E-state index in [-0.39, 0.29) is 16.2 Å². The van der Waals surface area contributed by atoms with E-state index < -0.39 is 15.8 Å². The number of benzene rings is 1. The Morgan fingerprint density at radius 1 is 1.35 bits per heavy atom. The summed E-state index contributed by atoms with van der Waals surface area (Å²) in [5.41, 5.74) is 0. The number of rotatable bonds is 5. The molecule has 0 amide bonds. The van der Waals surface area contributed by atoms with Crippen LogP contribution in [0.1, 0.15) is 13.8 Å². The van der Waals surface area contributed by atoms with E-state index in [1.807, 2.05) is 20.1 Å². The maximum Gasteiger partial charge on any atom is 0.243 e. The van der Waals surface area contributed by atoms with Gasteiger partial charge in [-0.25, -0.2) is 17.5 Å². The molecule has 1 rings (SSSR count). The predicted molar refractivity (Wildman–Crippen MR) is 69.2 cm³/mol. The highest BCUT2D eigenvalue weighted by Crippen LogP contribution is 2.21. The number of halogens is 1. The van der Waals surface area contributed by atoms with E-state index in [0.29, 0.717) is 0 Å². The van der Waals surface area contributed by atoms with Crippen LogP contribution in [-0.4, -0.2) is 26.0 Å². The lowest BCUT2D eigenvalue weighted by atomic mass is 10.2. The minimum atomic E-state index is -3.77. The maximum atomic E-state index is 13.4. The van der Waals surface area contributed by atoms with Crippen molar-refractivity contribution in [3.63, 3.8) is 0 Å². The summed E-state index contributed by atoms with van der Waals surface area (Å²) < 4.78 is 39.3. The molecule has 6 heteroatoms. The molecule has 0 bridgehead atoms. The second-order valence-electron chi connectivity index (χ2n) is 4.22. The molecule has 0 fully saturated rings. The highest BCUT2D eigenvalue weighted by molar-refractivity contribution is 8.00. The van der Waals surface area contributed by atoms with Gasteiger partial charge in [-0.3, -0.25) is 0 Å². The monoisotopic (exact) mass is 277 g/mol. The molecule has 0 radical (unpaired) electrons. The van der Waals surface area contributed by atoms with E-state index >= 15 is 0 Å². The molecule has 0 aliphatic carbocycles. The maximum absolute atomic E-state index is 13.4. The van der Waals surface area contributed by atoms with Crippen LogP contribution >= 0.6 is 11.8 Å². The topological polar surface area (TPSA) is 46.2 Å². The second kappa shape index (κ2) is 5.37. The van der Waals surface area contributed by atoms with Gasteiger partial charge in [-0.1, -0.05) is 12.1 Å². The van der Waals surface area contributed by atoms with Gasteiger partial charge < -0.3 is 0 Å². The summed E-state index contributed by atoms with van der Waals surface area (Å²) in [4.78, 5) is -0.308. The van der Waals surface area contributed by atoms with Crippen molar-refractivity contribution in [2.75, 3.05) is 12.8 Å². The van der Waals surface area contributed by atoms with E-state index in [0.717, 1.165) is 6.07 Å². The van der Waals surface area contributed by atoms with Crippen molar-refractivity contribution >= 4 is 21.8 Å². The van der Waals surface area contributed by atoms with Gasteiger partial charge in [-0.2, -0.15) is 11.8 Å². The Bertz CT molecular complexity index is 486. The average molecular weight is 277 g/mol. The fraction of sp³-hybridized carbons (Fsp3) is 0.455. The molecular formula is C11H16FNO2S2. The highest BCUT2D eigenvalue weighted by atomic mass is 32.2. The molecule has 3 nitrogen and oxygen atoms in total. The van der Waals surface area contributed by atoms with Gasteiger partial charge in [0.15, 0.2) is 0 Å². The summed E-state index contributed by atoms with van der Waals surface area (Å²) in [6.07, 6.45) is 1.90. The molecule has 0 aliphatic heterocycles. The predicted octanol–water partition coefficient (Wildman–Crippen LogP) is 2.25. The van der Waals surface area contributed by atoms with Gasteiger partial charge in [0.2, 0.25) is 10.0 Å². The second-order valence-corrected chi connectivity index (χ2v) is 7.47. The van der Waals surface area contributed by atoms with Crippen molar-refractivity contribution in [3.05, 3.63) is 30.1 Å². The van der Waals surface area contributed by atoms with Gasteiger partial charge in [-0.15, -0.1) is 0 Å². The Balaban J connectivity index is 2.88. The summed E-state index contributed by atoms with van der Waals surface area (Å²) >= 11 is 1.55. The summed E-state index contributed by atoms with van der Waals surface area (Å²) in [6, 6.07) is 5.34. The molecule has 96 valence electrons. The molecule has 0 saturated heterocycles. The van der Waals surface area contributed by atoms with E-state index in [9.17, 15) is 12.8 Å². The average Bonchev–Trinajstić information content (AvgIpc) is 2.27. The summed E-state index contributed by atoms with van der Waals surface area (Å²) in [7, 11) is -3.77. The van der Waals surface area contributed by atoms with Crippen LogP contribution in [0.2, 0.25) is 0 Å². The third-order valence-electron chi connectivity index (χ3n) is 2.37. The Hall–Kier alpha value is -0.590. The van der Waals surface area contributed by atoms with Gasteiger partial charge in [0, 0.05) is 11.3 Å². The fourth-order valence-corrected chi connectivity index (χ4v) is 2.68. The molecule has 0 spiro atoms. The molecule has 0 saturated carbocycles. The zero-order valence-corrected chi connectivity index (χ0v) is 11.7. The highest BCUT2D eigenvalue weighted by Gasteiger charge is 2.23. The number of sulfonamides is 1. The standard InChI is InChI=1S/C11H16FNO2S2/c1-11(2,16-3)8-13-17(14,15)10-7-5-4-6-9(10)12/h4-7,13H,8H2,1-3H3. The molecule has 0 heterocycles. The summed E-state index contributed by atoms with van der Waals surface area (Å²) in [6.45, 7) is 4.09. The molecule has 1 aromatic carbocycles. The SMILES string of the molecule is CSC(C)(C)CNS(=O)(=O)c1ccccc1F. The Labute approximate surface area is 106 Å². The molecule has 1 N–H and O–H groups in total. The van der Waals surface area contributed by atoms with Crippen LogP contribution in [-0.2, 0) is 10.0 Å². The lowest BCUT2D eigenvalue weighted by Crippen LogP contribution is -2.36. The van der Waals surface area contributed by atoms with Crippen LogP contribution in [0, 0.1) is 5.82 Å². The van der Waals surface area contributed by atoms with Crippen molar-refractivity contribution in [3.8, 4) is 0 Å². The van der Waals surface area contributed by atoms with Gasteiger partial charge in [-0.05, 0) is 32.2 Å². The largest absolute Gasteiger partial charge is 0.243 e. The number of nitrogens with one attached hydrogen (secondary N) is 1. The first kappa shape index (κ1) is 14.5. The van der Waals surface area contributed by atoms with E-state index in [1.54, 1.807) is 11.8 Å². The van der Waals surface area contributed by atoms with Crippen molar-refractivity contribution < 1.29 is 12.8 Å². The fourth-order valence-electron chi connectivity index (χ4n) is 1.08. The first-order chi connectivity index (χ1) is 7.78. The quantitative estimate of drug-likeness (QED) is 0.898. The first-order valence-corrected chi connectivity index (χ1v) is 7.79. The first-order valence-electron chi connectivity index (χ1n) is 5.08. The summed E-state index contributed by atoms with van der Waals surface area (Å²) in [5.74, 6) is -0.734. The molecule has 1 aromatic rings. The van der Waals surface area contributed by atoms with Crippen molar-refractivity contribution in [1.29, 1.82) is 0 Å². The Morgan fingerprint density at radius 3 is 2.47 bits per heavy atom. The molecular weight excluding hydrogens is 261 g/mol. The van der Waals surface area contributed by atoms with Crippen LogP contribution in [0.5, 0.6) is 0 Å². The molecule has 0 unspecified atom stereocenters. The van der Waals surface area contributed by atoms with Crippen LogP contribution in [0.15, 0.2) is 29.2 Å². The zero-order valence-electron chi connectivity index (χ0n) is 10.0. The van der Waals surface area contributed by atoms with Gasteiger partial charge in [0.25, 0.3) is 0 Å². The van der Waals surface area contributed by atoms with Crippen molar-refractivity contribution in [2.24, 2.45) is 0 Å². The normalized spacial score (nSPS) is 12.7. The Kier molecular flexibility index (Phi) is 4.57. The van der Waals surface area contributed by atoms with Crippen molar-refractivity contribution in [1.82, 2.24) is 4.72 Å². The molecule has 0 atom stereocenters. The third kappa shape index (κ3) is 3.97. The van der Waals surface area contributed by atoms with Gasteiger partial charge in [0.1, 0.15) is 10.7 Å². The Morgan fingerprint density at radius 2 is 1.94 bits per heavy atom. The van der Waals surface area contributed by atoms with Crippen LogP contribution < -0.4 is 4.72 Å². The third-order valence-corrected chi connectivity index (χ3v) is 5.05. The van der Waals surface area contributed by atoms with Gasteiger partial charge >= 0.3 is 0 Å². The van der Waals surface area contributed by atoms with Gasteiger partial charge in [0.05, 0.1) is 0 Å². The molecule has 17 heavy (non-hydrogen) atoms. The smallest absolute Gasteiger partial charge is 0.210 e. The molecule has 0 aliphatic rings. The van der Waals surface area contributed by atoms with Crippen molar-refractivity contribution in [2.45, 2.75) is 23.5 Å². The van der Waals surface area contributed by atoms with E-state index in [2.05, 4.69) is 4.72 Å². The number of thioether (sulfide) groups is 1. The lowest BCUT2D eigenvalue weighted by molar-refractivity contribution is 0.550. The van der Waals surface area contributed by atoms with Crippen LogP contribution in [0.3, 0.4) is 0 Å². The number of hydrogen-bond donors (Lipinski definition) is 1. The minimum absolute atomic E-state index is 0.224. The molecule has 0 aromatic heterocycles. The number of hydrogen-bond acceptors (Lipinski definition) is 3. The van der Waals surface area contributed by atoms with E-state index in [1.165, 1.54) is 18.2 Å². The van der Waals surface area contributed by atoms with Crippen LogP contribution in [0.25, 0.3) is 0 Å².